The molecule has 0 unspecified atom stereocenters. The minimum atomic E-state index is -0.407. The van der Waals surface area contributed by atoms with Crippen LogP contribution >= 0.6 is 11.6 Å². The van der Waals surface area contributed by atoms with Crippen molar-refractivity contribution in [1.29, 1.82) is 0 Å². The predicted molar refractivity (Wildman–Crippen MR) is 86.6 cm³/mol. The molecule has 1 atom stereocenters. The smallest absolute Gasteiger partial charge is 0.234 e. The summed E-state index contributed by atoms with van der Waals surface area (Å²) in [4.78, 5) is 24.8. The standard InChI is InChI=1S/C16H22ClN3O2/c1-11(21)20-8-6-14(7-9-20)19-15(16(18)22)10-12-2-4-13(17)5-3-12/h2-5,14-15,19H,6-10H2,1H3,(H2,18,22)/t15-/m1/s1. The second-order valence-corrected chi connectivity index (χ2v) is 6.17. The molecular formula is C16H22ClN3O2. The molecule has 1 heterocycles. The Bertz CT molecular complexity index is 525. The number of hydrogen-bond donors (Lipinski definition) is 2. The lowest BCUT2D eigenvalue weighted by Gasteiger charge is -2.33. The molecule has 5 nitrogen and oxygen atoms in total. The second-order valence-electron chi connectivity index (χ2n) is 5.73. The predicted octanol–water partition coefficient (Wildman–Crippen LogP) is 1.34. The van der Waals surface area contributed by atoms with Crippen molar-refractivity contribution in [2.24, 2.45) is 5.73 Å². The summed E-state index contributed by atoms with van der Waals surface area (Å²) in [5, 5.41) is 4.00. The maximum Gasteiger partial charge on any atom is 0.234 e. The number of amides is 2. The van der Waals surface area contributed by atoms with Gasteiger partial charge >= 0.3 is 0 Å². The first-order chi connectivity index (χ1) is 10.5. The topological polar surface area (TPSA) is 75.4 Å². The highest BCUT2D eigenvalue weighted by molar-refractivity contribution is 6.30. The van der Waals surface area contributed by atoms with Crippen LogP contribution < -0.4 is 11.1 Å². The number of piperidine rings is 1. The summed E-state index contributed by atoms with van der Waals surface area (Å²) in [6, 6.07) is 7.22. The Morgan fingerprint density at radius 3 is 2.41 bits per heavy atom. The Hall–Kier alpha value is -1.59. The number of carbonyl (C=O) groups is 2. The van der Waals surface area contributed by atoms with Gasteiger partial charge in [0.05, 0.1) is 6.04 Å². The van der Waals surface area contributed by atoms with Crippen molar-refractivity contribution in [3.63, 3.8) is 0 Å². The SMILES string of the molecule is CC(=O)N1CCC(N[C@H](Cc2ccc(Cl)cc2)C(N)=O)CC1. The minimum Gasteiger partial charge on any atom is -0.368 e. The van der Waals surface area contributed by atoms with Gasteiger partial charge in [-0.2, -0.15) is 0 Å². The number of hydrogen-bond acceptors (Lipinski definition) is 3. The normalized spacial score (nSPS) is 17.3. The molecule has 1 aromatic carbocycles. The third-order valence-electron chi connectivity index (χ3n) is 4.07. The molecule has 1 aromatic rings. The van der Waals surface area contributed by atoms with Crippen molar-refractivity contribution < 1.29 is 9.59 Å². The zero-order valence-corrected chi connectivity index (χ0v) is 13.5. The number of rotatable bonds is 5. The molecule has 2 amide bonds. The third kappa shape index (κ3) is 4.71. The zero-order valence-electron chi connectivity index (χ0n) is 12.7. The Morgan fingerprint density at radius 2 is 1.91 bits per heavy atom. The molecule has 0 radical (unpaired) electrons. The fourth-order valence-corrected chi connectivity index (χ4v) is 2.87. The van der Waals surface area contributed by atoms with Crippen molar-refractivity contribution in [3.05, 3.63) is 34.9 Å². The molecule has 1 aliphatic rings. The van der Waals surface area contributed by atoms with Gasteiger partial charge in [0, 0.05) is 31.1 Å². The van der Waals surface area contributed by atoms with E-state index in [0.717, 1.165) is 31.5 Å². The molecular weight excluding hydrogens is 302 g/mol. The van der Waals surface area contributed by atoms with Gasteiger partial charge in [0.25, 0.3) is 0 Å². The van der Waals surface area contributed by atoms with E-state index in [-0.39, 0.29) is 17.9 Å². The van der Waals surface area contributed by atoms with Crippen molar-refractivity contribution in [1.82, 2.24) is 10.2 Å². The number of carbonyl (C=O) groups excluding carboxylic acids is 2. The first-order valence-corrected chi connectivity index (χ1v) is 7.89. The van der Waals surface area contributed by atoms with E-state index in [1.165, 1.54) is 0 Å². The van der Waals surface area contributed by atoms with Gasteiger partial charge in [-0.1, -0.05) is 23.7 Å². The maximum atomic E-state index is 11.7. The molecule has 1 saturated heterocycles. The summed E-state index contributed by atoms with van der Waals surface area (Å²) in [6.45, 7) is 3.03. The molecule has 0 spiro atoms. The maximum absolute atomic E-state index is 11.7. The number of benzene rings is 1. The molecule has 0 bridgehead atoms. The molecule has 2 rings (SSSR count). The number of halogens is 1. The fraction of sp³-hybridized carbons (Fsp3) is 0.500. The van der Waals surface area contributed by atoms with E-state index >= 15 is 0 Å². The number of likely N-dealkylation sites (tertiary alicyclic amines) is 1. The van der Waals surface area contributed by atoms with Crippen LogP contribution in [0.4, 0.5) is 0 Å². The first kappa shape index (κ1) is 16.8. The highest BCUT2D eigenvalue weighted by Crippen LogP contribution is 2.14. The number of nitrogens with one attached hydrogen (secondary N) is 1. The highest BCUT2D eigenvalue weighted by Gasteiger charge is 2.25. The molecule has 0 aliphatic carbocycles. The van der Waals surface area contributed by atoms with Crippen molar-refractivity contribution >= 4 is 23.4 Å². The first-order valence-electron chi connectivity index (χ1n) is 7.51. The van der Waals surface area contributed by atoms with E-state index in [1.54, 1.807) is 19.1 Å². The lowest BCUT2D eigenvalue weighted by Crippen LogP contribution is -2.52. The molecule has 3 N–H and O–H groups in total. The largest absolute Gasteiger partial charge is 0.368 e. The van der Waals surface area contributed by atoms with Gasteiger partial charge in [0.2, 0.25) is 11.8 Å². The van der Waals surface area contributed by atoms with Crippen LogP contribution in [0.25, 0.3) is 0 Å². The van der Waals surface area contributed by atoms with Crippen LogP contribution in [-0.2, 0) is 16.0 Å². The van der Waals surface area contributed by atoms with Crippen molar-refractivity contribution in [3.8, 4) is 0 Å². The van der Waals surface area contributed by atoms with Gasteiger partial charge in [-0.05, 0) is 37.0 Å². The van der Waals surface area contributed by atoms with Crippen LogP contribution in [0.5, 0.6) is 0 Å². The van der Waals surface area contributed by atoms with E-state index < -0.39 is 6.04 Å². The van der Waals surface area contributed by atoms with Crippen LogP contribution in [0, 0.1) is 0 Å². The Labute approximate surface area is 135 Å². The van der Waals surface area contributed by atoms with E-state index in [9.17, 15) is 9.59 Å². The van der Waals surface area contributed by atoms with Crippen molar-refractivity contribution in [2.75, 3.05) is 13.1 Å². The molecule has 1 fully saturated rings. The Morgan fingerprint density at radius 1 is 1.32 bits per heavy atom. The van der Waals surface area contributed by atoms with Crippen LogP contribution in [0.1, 0.15) is 25.3 Å². The van der Waals surface area contributed by atoms with E-state index in [2.05, 4.69) is 5.32 Å². The average molecular weight is 324 g/mol. The fourth-order valence-electron chi connectivity index (χ4n) is 2.74. The van der Waals surface area contributed by atoms with Gasteiger partial charge < -0.3 is 16.0 Å². The van der Waals surface area contributed by atoms with Gasteiger partial charge in [-0.15, -0.1) is 0 Å². The van der Waals surface area contributed by atoms with Crippen LogP contribution in [0.2, 0.25) is 5.02 Å². The number of nitrogens with zero attached hydrogens (tertiary/aromatic N) is 1. The average Bonchev–Trinajstić information content (AvgIpc) is 2.49. The summed E-state index contributed by atoms with van der Waals surface area (Å²) in [5.41, 5.74) is 6.53. The molecule has 120 valence electrons. The highest BCUT2D eigenvalue weighted by atomic mass is 35.5. The van der Waals surface area contributed by atoms with Gasteiger partial charge in [-0.25, -0.2) is 0 Å². The summed E-state index contributed by atoms with van der Waals surface area (Å²) >= 11 is 5.87. The summed E-state index contributed by atoms with van der Waals surface area (Å²) in [7, 11) is 0. The summed E-state index contributed by atoms with van der Waals surface area (Å²) in [6.07, 6.45) is 2.22. The lowest BCUT2D eigenvalue weighted by atomic mass is 10.0. The van der Waals surface area contributed by atoms with Crippen LogP contribution in [0.15, 0.2) is 24.3 Å². The second kappa shape index (κ2) is 7.61. The quantitative estimate of drug-likeness (QED) is 0.858. The van der Waals surface area contributed by atoms with Gasteiger partial charge in [0.1, 0.15) is 0 Å². The number of primary amides is 1. The van der Waals surface area contributed by atoms with Gasteiger partial charge in [-0.3, -0.25) is 9.59 Å². The monoisotopic (exact) mass is 323 g/mol. The van der Waals surface area contributed by atoms with Crippen LogP contribution in [-0.4, -0.2) is 41.9 Å². The van der Waals surface area contributed by atoms with Gasteiger partial charge in [0.15, 0.2) is 0 Å². The third-order valence-corrected chi connectivity index (χ3v) is 4.33. The zero-order chi connectivity index (χ0) is 16.1. The molecule has 22 heavy (non-hydrogen) atoms. The van der Waals surface area contributed by atoms with E-state index in [0.29, 0.717) is 11.4 Å². The van der Waals surface area contributed by atoms with E-state index in [4.69, 9.17) is 17.3 Å². The van der Waals surface area contributed by atoms with E-state index in [1.807, 2.05) is 17.0 Å². The minimum absolute atomic E-state index is 0.103. The van der Waals surface area contributed by atoms with Crippen molar-refractivity contribution in [2.45, 2.75) is 38.3 Å². The molecule has 0 saturated carbocycles. The Kier molecular flexibility index (Phi) is 5.80. The lowest BCUT2D eigenvalue weighted by molar-refractivity contribution is -0.130. The Balaban J connectivity index is 1.91. The van der Waals surface area contributed by atoms with Crippen LogP contribution in [0.3, 0.4) is 0 Å². The molecule has 6 heteroatoms. The number of nitrogens with two attached hydrogens (primary N) is 1. The summed E-state index contributed by atoms with van der Waals surface area (Å²) < 4.78 is 0. The molecule has 1 aliphatic heterocycles. The molecule has 0 aromatic heterocycles. The summed E-state index contributed by atoms with van der Waals surface area (Å²) in [5.74, 6) is -0.255.